The molecule has 4 aromatic rings. The maximum atomic E-state index is 5.38. The fourth-order valence-electron chi connectivity index (χ4n) is 3.95. The second kappa shape index (κ2) is 6.89. The summed E-state index contributed by atoms with van der Waals surface area (Å²) in [6.07, 6.45) is 10.2. The molecule has 6 nitrogen and oxygen atoms in total. The van der Waals surface area contributed by atoms with Gasteiger partial charge in [-0.05, 0) is 23.3 Å². The Hall–Kier alpha value is -3.12. The Labute approximate surface area is 157 Å². The molecule has 3 aromatic heterocycles. The molecular formula is C21H21N5O. The van der Waals surface area contributed by atoms with Gasteiger partial charge in [0.15, 0.2) is 0 Å². The molecule has 0 unspecified atom stereocenters. The van der Waals surface area contributed by atoms with Gasteiger partial charge in [0.1, 0.15) is 0 Å². The molecule has 4 heterocycles. The van der Waals surface area contributed by atoms with E-state index >= 15 is 0 Å². The van der Waals surface area contributed by atoms with Crippen LogP contribution in [-0.2, 0) is 19.5 Å². The van der Waals surface area contributed by atoms with Crippen LogP contribution in [0.25, 0.3) is 0 Å². The lowest BCUT2D eigenvalue weighted by Gasteiger charge is -2.35. The van der Waals surface area contributed by atoms with Crippen LogP contribution in [0.5, 0.6) is 0 Å². The molecule has 1 aliphatic rings. The van der Waals surface area contributed by atoms with Gasteiger partial charge in [-0.3, -0.25) is 9.58 Å². The van der Waals surface area contributed by atoms with Gasteiger partial charge in [-0.25, -0.2) is 4.98 Å². The van der Waals surface area contributed by atoms with E-state index in [2.05, 4.69) is 44.2 Å². The lowest BCUT2D eigenvalue weighted by molar-refractivity contribution is 0.199. The number of aromatic amines is 1. The smallest absolute Gasteiger partial charge is 0.0954 e. The average Bonchev–Trinajstić information content (AvgIpc) is 3.46. The maximum absolute atomic E-state index is 5.38. The van der Waals surface area contributed by atoms with Crippen LogP contribution in [0.4, 0.5) is 0 Å². The van der Waals surface area contributed by atoms with Crippen LogP contribution in [0.2, 0.25) is 0 Å². The highest BCUT2D eigenvalue weighted by Gasteiger charge is 2.31. The Balaban J connectivity index is 1.47. The molecule has 0 fully saturated rings. The van der Waals surface area contributed by atoms with Gasteiger partial charge >= 0.3 is 0 Å². The Morgan fingerprint density at radius 1 is 1.11 bits per heavy atom. The third-order valence-corrected chi connectivity index (χ3v) is 5.27. The van der Waals surface area contributed by atoms with Crippen LogP contribution in [0.3, 0.4) is 0 Å². The Kier molecular flexibility index (Phi) is 4.10. The third-order valence-electron chi connectivity index (χ3n) is 5.27. The summed E-state index contributed by atoms with van der Waals surface area (Å²) in [6.45, 7) is 2.61. The van der Waals surface area contributed by atoms with Crippen molar-refractivity contribution < 1.29 is 4.42 Å². The minimum Gasteiger partial charge on any atom is -0.472 e. The van der Waals surface area contributed by atoms with E-state index in [1.165, 1.54) is 16.8 Å². The zero-order chi connectivity index (χ0) is 18.1. The number of hydrogen-bond acceptors (Lipinski definition) is 4. The van der Waals surface area contributed by atoms with Crippen molar-refractivity contribution >= 4 is 0 Å². The second-order valence-corrected chi connectivity index (χ2v) is 6.92. The molecule has 0 radical (unpaired) electrons. The lowest BCUT2D eigenvalue weighted by atomic mass is 9.96. The first-order chi connectivity index (χ1) is 13.4. The van der Waals surface area contributed by atoms with Crippen molar-refractivity contribution in [3.05, 3.63) is 95.7 Å². The maximum Gasteiger partial charge on any atom is 0.0954 e. The van der Waals surface area contributed by atoms with E-state index in [0.717, 1.165) is 37.3 Å². The van der Waals surface area contributed by atoms with Gasteiger partial charge in [0.2, 0.25) is 0 Å². The van der Waals surface area contributed by atoms with Crippen LogP contribution in [-0.4, -0.2) is 31.2 Å². The van der Waals surface area contributed by atoms with E-state index in [1.54, 1.807) is 12.6 Å². The van der Waals surface area contributed by atoms with Crippen LogP contribution >= 0.6 is 0 Å². The summed E-state index contributed by atoms with van der Waals surface area (Å²) in [5.74, 6) is 0. The minimum atomic E-state index is 0.108. The molecule has 0 bridgehead atoms. The van der Waals surface area contributed by atoms with Crippen molar-refractivity contribution in [2.75, 3.05) is 6.54 Å². The third kappa shape index (κ3) is 3.08. The molecule has 0 aliphatic carbocycles. The Morgan fingerprint density at radius 3 is 2.78 bits per heavy atom. The molecule has 1 N–H and O–H groups in total. The number of fused-ring (bicyclic) bond motifs is 1. The van der Waals surface area contributed by atoms with E-state index in [4.69, 9.17) is 4.42 Å². The summed E-state index contributed by atoms with van der Waals surface area (Å²) in [7, 11) is 0. The van der Waals surface area contributed by atoms with E-state index in [-0.39, 0.29) is 6.04 Å². The molecule has 1 aromatic carbocycles. The number of rotatable bonds is 5. The summed E-state index contributed by atoms with van der Waals surface area (Å²) in [4.78, 5) is 10.4. The molecule has 1 aliphatic heterocycles. The van der Waals surface area contributed by atoms with Crippen molar-refractivity contribution in [1.29, 1.82) is 0 Å². The Morgan fingerprint density at radius 2 is 2.00 bits per heavy atom. The Bertz CT molecular complexity index is 1000. The van der Waals surface area contributed by atoms with Gasteiger partial charge in [0.25, 0.3) is 0 Å². The standard InChI is InChI=1S/C21H21N5O/c1-2-5-17(13-26-9-3-8-24-26)16(4-1)12-25-10-6-19-20(23-15-22-19)21(25)18-7-11-27-14-18/h1-5,7-9,11,14-15,21H,6,10,12-13H2,(H,22,23)/t21-/m1/s1. The average molecular weight is 359 g/mol. The normalized spacial score (nSPS) is 17.1. The number of hydrogen-bond donors (Lipinski definition) is 1. The van der Waals surface area contributed by atoms with Crippen molar-refractivity contribution in [2.24, 2.45) is 0 Å². The van der Waals surface area contributed by atoms with Crippen molar-refractivity contribution in [3.63, 3.8) is 0 Å². The SMILES string of the molecule is c1ccc(Cn2cccn2)c(CN2CCc3[nH]cnc3[C@H]2c2ccoc2)c1. The van der Waals surface area contributed by atoms with Crippen molar-refractivity contribution in [2.45, 2.75) is 25.6 Å². The van der Waals surface area contributed by atoms with Gasteiger partial charge in [-0.1, -0.05) is 24.3 Å². The van der Waals surface area contributed by atoms with E-state index in [1.807, 2.05) is 35.5 Å². The summed E-state index contributed by atoms with van der Waals surface area (Å²) in [5.41, 5.74) is 6.09. The van der Waals surface area contributed by atoms with Crippen LogP contribution in [0, 0.1) is 0 Å². The number of imidazole rings is 1. The van der Waals surface area contributed by atoms with Gasteiger partial charge in [-0.15, -0.1) is 0 Å². The monoisotopic (exact) mass is 359 g/mol. The number of aromatic nitrogens is 4. The van der Waals surface area contributed by atoms with Gasteiger partial charge in [0.05, 0.1) is 37.1 Å². The molecule has 0 saturated heterocycles. The first-order valence-electron chi connectivity index (χ1n) is 9.21. The molecular weight excluding hydrogens is 338 g/mol. The molecule has 0 spiro atoms. The predicted octanol–water partition coefficient (Wildman–Crippen LogP) is 3.40. The summed E-state index contributed by atoms with van der Waals surface area (Å²) in [6, 6.07) is 12.7. The minimum absolute atomic E-state index is 0.108. The molecule has 136 valence electrons. The summed E-state index contributed by atoms with van der Waals surface area (Å²) >= 11 is 0. The predicted molar refractivity (Wildman–Crippen MR) is 101 cm³/mol. The largest absolute Gasteiger partial charge is 0.472 e. The number of furan rings is 1. The molecule has 0 saturated carbocycles. The molecule has 1 atom stereocenters. The highest BCUT2D eigenvalue weighted by Crippen LogP contribution is 2.34. The van der Waals surface area contributed by atoms with Crippen molar-refractivity contribution in [3.8, 4) is 0 Å². The zero-order valence-corrected chi connectivity index (χ0v) is 15.0. The molecule has 27 heavy (non-hydrogen) atoms. The van der Waals surface area contributed by atoms with Crippen LogP contribution in [0.1, 0.15) is 34.1 Å². The quantitative estimate of drug-likeness (QED) is 0.593. The van der Waals surface area contributed by atoms with Gasteiger partial charge < -0.3 is 9.40 Å². The molecule has 6 heteroatoms. The highest BCUT2D eigenvalue weighted by atomic mass is 16.3. The zero-order valence-electron chi connectivity index (χ0n) is 15.0. The van der Waals surface area contributed by atoms with Gasteiger partial charge in [0, 0.05) is 43.2 Å². The summed E-state index contributed by atoms with van der Waals surface area (Å²) < 4.78 is 7.34. The highest BCUT2D eigenvalue weighted by molar-refractivity contribution is 5.32. The number of H-pyrrole nitrogens is 1. The number of benzene rings is 1. The number of nitrogens with one attached hydrogen (secondary N) is 1. The first kappa shape index (κ1) is 16.1. The van der Waals surface area contributed by atoms with Crippen LogP contribution in [0.15, 0.2) is 72.1 Å². The number of nitrogens with zero attached hydrogens (tertiary/aromatic N) is 4. The van der Waals surface area contributed by atoms with Crippen molar-refractivity contribution in [1.82, 2.24) is 24.6 Å². The lowest BCUT2D eigenvalue weighted by Crippen LogP contribution is -2.36. The van der Waals surface area contributed by atoms with E-state index < -0.39 is 0 Å². The molecule has 0 amide bonds. The topological polar surface area (TPSA) is 62.9 Å². The second-order valence-electron chi connectivity index (χ2n) is 6.92. The fourth-order valence-corrected chi connectivity index (χ4v) is 3.95. The van der Waals surface area contributed by atoms with E-state index in [9.17, 15) is 0 Å². The fraction of sp³-hybridized carbons (Fsp3) is 0.238. The van der Waals surface area contributed by atoms with E-state index in [0.29, 0.717) is 0 Å². The van der Waals surface area contributed by atoms with Gasteiger partial charge in [-0.2, -0.15) is 5.10 Å². The summed E-state index contributed by atoms with van der Waals surface area (Å²) in [5, 5.41) is 4.35. The molecule has 5 rings (SSSR count). The van der Waals surface area contributed by atoms with Crippen LogP contribution < -0.4 is 0 Å². The first-order valence-corrected chi connectivity index (χ1v) is 9.21.